The second-order valence-corrected chi connectivity index (χ2v) is 6.43. The largest absolute Gasteiger partial charge is 1.00 e. The van der Waals surface area contributed by atoms with E-state index in [2.05, 4.69) is 13.0 Å². The Morgan fingerprint density at radius 1 is 0.909 bits per heavy atom. The van der Waals surface area contributed by atoms with Crippen LogP contribution in [0.25, 0.3) is 10.8 Å². The molecule has 0 amide bonds. The summed E-state index contributed by atoms with van der Waals surface area (Å²) in [5, 5.41) is 1.92. The summed E-state index contributed by atoms with van der Waals surface area (Å²) in [6.45, 7) is 2.23. The van der Waals surface area contributed by atoms with Crippen molar-refractivity contribution in [2.24, 2.45) is 0 Å². The molecule has 4 heteroatoms. The fraction of sp³-hybridized carbons (Fsp3) is 0.444. The molecule has 0 spiro atoms. The molecule has 2 nitrogen and oxygen atoms in total. The number of hydrogen-bond donors (Lipinski definition) is 0. The summed E-state index contributed by atoms with van der Waals surface area (Å²) in [6.07, 6.45) is 8.68. The number of unbranched alkanes of at least 4 members (excludes halogenated alkanes) is 5. The van der Waals surface area contributed by atoms with Crippen molar-refractivity contribution >= 4 is 21.9 Å². The number of benzene rings is 2. The second kappa shape index (κ2) is 10.6. The van der Waals surface area contributed by atoms with Gasteiger partial charge in [0.25, 0.3) is 0 Å². The summed E-state index contributed by atoms with van der Waals surface area (Å²) in [7, 11) is 0. The Kier molecular flexibility index (Phi) is 9.53. The van der Waals surface area contributed by atoms with Gasteiger partial charge in [-0.05, 0) is 46.3 Å². The zero-order valence-corrected chi connectivity index (χ0v) is 16.5. The van der Waals surface area contributed by atoms with E-state index in [0.29, 0.717) is 4.90 Å². The average molecular weight is 326 g/mol. The normalized spacial score (nSPS) is 12.1. The van der Waals surface area contributed by atoms with Crippen LogP contribution in [0.4, 0.5) is 0 Å². The summed E-state index contributed by atoms with van der Waals surface area (Å²) >= 11 is -2.17. The van der Waals surface area contributed by atoms with Gasteiger partial charge in [-0.1, -0.05) is 69.4 Å². The molecule has 1 unspecified atom stereocenters. The predicted molar refractivity (Wildman–Crippen MR) is 88.2 cm³/mol. The molecule has 1 atom stereocenters. The molecule has 2 aromatic carbocycles. The molecule has 0 saturated heterocycles. The van der Waals surface area contributed by atoms with Gasteiger partial charge >= 0.3 is 29.6 Å². The molecule has 0 radical (unpaired) electrons. The Morgan fingerprint density at radius 2 is 1.55 bits per heavy atom. The maximum absolute atomic E-state index is 11.3. The van der Waals surface area contributed by atoms with Crippen molar-refractivity contribution in [3.63, 3.8) is 0 Å². The molecule has 0 N–H and O–H groups in total. The van der Waals surface area contributed by atoms with Crippen LogP contribution in [0.1, 0.15) is 51.0 Å². The number of aryl methyl sites for hydroxylation is 1. The molecular weight excluding hydrogens is 303 g/mol. The minimum Gasteiger partial charge on any atom is -0.768 e. The molecular formula is C18H23NaO2S. The van der Waals surface area contributed by atoms with Gasteiger partial charge < -0.3 is 4.55 Å². The van der Waals surface area contributed by atoms with E-state index in [4.69, 9.17) is 0 Å². The standard InChI is InChI=1S/C18H24O2S.Na/c1-2-3-4-5-6-7-10-15-11-8-13-17-16(15)12-9-14-18(17)21(19)20;/h8-9,11-14H,2-7,10H2,1H3,(H,19,20);/q;+1/p-1. The zero-order valence-electron chi connectivity index (χ0n) is 13.6. The van der Waals surface area contributed by atoms with Crippen molar-refractivity contribution in [3.8, 4) is 0 Å². The Morgan fingerprint density at radius 3 is 2.27 bits per heavy atom. The summed E-state index contributed by atoms with van der Waals surface area (Å²) in [5.41, 5.74) is 1.26. The molecule has 114 valence electrons. The van der Waals surface area contributed by atoms with E-state index < -0.39 is 11.1 Å². The Hall–Kier alpha value is -0.190. The van der Waals surface area contributed by atoms with Crippen molar-refractivity contribution in [2.45, 2.75) is 56.8 Å². The third kappa shape index (κ3) is 5.47. The van der Waals surface area contributed by atoms with Crippen LogP contribution < -0.4 is 29.6 Å². The van der Waals surface area contributed by atoms with Crippen molar-refractivity contribution in [1.29, 1.82) is 0 Å². The predicted octanol–water partition coefficient (Wildman–Crippen LogP) is 1.98. The monoisotopic (exact) mass is 326 g/mol. The van der Waals surface area contributed by atoms with Gasteiger partial charge in [0.15, 0.2) is 0 Å². The van der Waals surface area contributed by atoms with Crippen molar-refractivity contribution in [1.82, 2.24) is 0 Å². The van der Waals surface area contributed by atoms with Gasteiger partial charge in [0.2, 0.25) is 0 Å². The van der Waals surface area contributed by atoms with Crippen molar-refractivity contribution in [3.05, 3.63) is 42.0 Å². The van der Waals surface area contributed by atoms with Crippen LogP contribution in [0.2, 0.25) is 0 Å². The molecule has 2 aromatic rings. The second-order valence-electron chi connectivity index (χ2n) is 5.52. The van der Waals surface area contributed by atoms with Gasteiger partial charge in [-0.15, -0.1) is 0 Å². The third-order valence-corrected chi connectivity index (χ3v) is 4.67. The Balaban J connectivity index is 0.00000242. The van der Waals surface area contributed by atoms with E-state index in [-0.39, 0.29) is 29.6 Å². The van der Waals surface area contributed by atoms with E-state index in [9.17, 15) is 8.76 Å². The van der Waals surface area contributed by atoms with Crippen molar-refractivity contribution < 1.29 is 38.3 Å². The fourth-order valence-electron chi connectivity index (χ4n) is 2.81. The molecule has 22 heavy (non-hydrogen) atoms. The molecule has 0 bridgehead atoms. The Labute approximate surface area is 158 Å². The smallest absolute Gasteiger partial charge is 0.768 e. The van der Waals surface area contributed by atoms with E-state index >= 15 is 0 Å². The third-order valence-electron chi connectivity index (χ3n) is 3.95. The quantitative estimate of drug-likeness (QED) is 0.423. The summed E-state index contributed by atoms with van der Waals surface area (Å²) in [6, 6.07) is 11.5. The fourth-order valence-corrected chi connectivity index (χ4v) is 3.35. The van der Waals surface area contributed by atoms with E-state index in [1.54, 1.807) is 6.07 Å². The maximum Gasteiger partial charge on any atom is 1.00 e. The topological polar surface area (TPSA) is 40.1 Å². The SMILES string of the molecule is CCCCCCCCc1cccc2c(S(=O)[O-])cccc12.[Na+]. The summed E-state index contributed by atoms with van der Waals surface area (Å²) < 4.78 is 22.6. The van der Waals surface area contributed by atoms with E-state index in [1.807, 2.05) is 24.3 Å². The molecule has 0 aliphatic carbocycles. The first kappa shape index (κ1) is 19.9. The van der Waals surface area contributed by atoms with Crippen LogP contribution in [0, 0.1) is 0 Å². The molecule has 0 saturated carbocycles. The van der Waals surface area contributed by atoms with Crippen LogP contribution in [0.3, 0.4) is 0 Å². The van der Waals surface area contributed by atoms with Gasteiger partial charge in [0.05, 0.1) is 0 Å². The number of rotatable bonds is 8. The van der Waals surface area contributed by atoms with Crippen LogP contribution in [0.5, 0.6) is 0 Å². The van der Waals surface area contributed by atoms with Crippen LogP contribution in [0.15, 0.2) is 41.3 Å². The van der Waals surface area contributed by atoms with Crippen molar-refractivity contribution in [2.75, 3.05) is 0 Å². The molecule has 2 rings (SSSR count). The Bertz CT molecular complexity index is 613. The molecule has 0 fully saturated rings. The minimum atomic E-state index is -2.17. The zero-order chi connectivity index (χ0) is 15.1. The first-order valence-corrected chi connectivity index (χ1v) is 8.91. The van der Waals surface area contributed by atoms with Gasteiger partial charge in [-0.2, -0.15) is 0 Å². The van der Waals surface area contributed by atoms with Gasteiger partial charge in [0, 0.05) is 4.90 Å². The first-order chi connectivity index (χ1) is 10.2. The summed E-state index contributed by atoms with van der Waals surface area (Å²) in [5.74, 6) is 0. The number of hydrogen-bond acceptors (Lipinski definition) is 2. The van der Waals surface area contributed by atoms with E-state index in [1.165, 1.54) is 44.1 Å². The van der Waals surface area contributed by atoms with Gasteiger partial charge in [-0.3, -0.25) is 4.21 Å². The molecule has 0 aliphatic heterocycles. The average Bonchev–Trinajstić information content (AvgIpc) is 2.50. The van der Waals surface area contributed by atoms with Gasteiger partial charge in [0.1, 0.15) is 0 Å². The minimum absolute atomic E-state index is 0. The van der Waals surface area contributed by atoms with Crippen LogP contribution in [-0.4, -0.2) is 8.76 Å². The maximum atomic E-state index is 11.3. The summed E-state index contributed by atoms with van der Waals surface area (Å²) in [4.78, 5) is 0.400. The first-order valence-electron chi connectivity index (χ1n) is 7.84. The molecule has 0 aliphatic rings. The van der Waals surface area contributed by atoms with Crippen LogP contribution in [-0.2, 0) is 17.5 Å². The number of fused-ring (bicyclic) bond motifs is 1. The van der Waals surface area contributed by atoms with Crippen LogP contribution >= 0.6 is 0 Å². The van der Waals surface area contributed by atoms with E-state index in [0.717, 1.165) is 17.2 Å². The molecule has 0 aromatic heterocycles. The molecule has 0 heterocycles. The van der Waals surface area contributed by atoms with Gasteiger partial charge in [-0.25, -0.2) is 0 Å².